The van der Waals surface area contributed by atoms with Gasteiger partial charge in [0.15, 0.2) is 5.13 Å². The summed E-state index contributed by atoms with van der Waals surface area (Å²) in [5, 5.41) is 1.09. The first-order valence-electron chi connectivity index (χ1n) is 6.13. The van der Waals surface area contributed by atoms with E-state index in [9.17, 15) is 0 Å². The molecule has 3 nitrogen and oxygen atoms in total. The van der Waals surface area contributed by atoms with Gasteiger partial charge in [0, 0.05) is 23.7 Å². The summed E-state index contributed by atoms with van der Waals surface area (Å²) >= 11 is 1.75. The van der Waals surface area contributed by atoms with Gasteiger partial charge in [-0.15, -0.1) is 11.3 Å². The second-order valence-corrected chi connectivity index (χ2v) is 5.58. The molecule has 0 saturated carbocycles. The van der Waals surface area contributed by atoms with Gasteiger partial charge in [0.2, 0.25) is 0 Å². The van der Waals surface area contributed by atoms with Gasteiger partial charge in [-0.05, 0) is 38.5 Å². The van der Waals surface area contributed by atoms with Gasteiger partial charge in [-0.2, -0.15) is 0 Å². The maximum absolute atomic E-state index is 5.81. The summed E-state index contributed by atoms with van der Waals surface area (Å²) < 4.78 is 0. The predicted octanol–water partition coefficient (Wildman–Crippen LogP) is 3.37. The molecule has 1 aromatic heterocycles. The van der Waals surface area contributed by atoms with Crippen molar-refractivity contribution in [1.82, 2.24) is 4.98 Å². The standard InChI is InChI=1S/C14H19N3S/c1-4-17(14-16-10(2)11(3)18-14)9-12-6-5-7-13(15)8-12/h5-8H,4,9,15H2,1-3H3. The fourth-order valence-electron chi connectivity index (χ4n) is 1.82. The number of anilines is 2. The van der Waals surface area contributed by atoms with Crippen molar-refractivity contribution in [3.63, 3.8) is 0 Å². The van der Waals surface area contributed by atoms with Crippen molar-refractivity contribution in [3.8, 4) is 0 Å². The molecular weight excluding hydrogens is 242 g/mol. The largest absolute Gasteiger partial charge is 0.399 e. The molecule has 0 spiro atoms. The Bertz CT molecular complexity index is 514. The van der Waals surface area contributed by atoms with Gasteiger partial charge in [-0.25, -0.2) is 4.98 Å². The fourth-order valence-corrected chi connectivity index (χ4v) is 2.79. The monoisotopic (exact) mass is 261 g/mol. The lowest BCUT2D eigenvalue weighted by Crippen LogP contribution is -2.21. The topological polar surface area (TPSA) is 42.1 Å². The number of benzene rings is 1. The zero-order chi connectivity index (χ0) is 13.1. The number of aromatic nitrogens is 1. The molecule has 0 aliphatic rings. The summed E-state index contributed by atoms with van der Waals surface area (Å²) in [6.07, 6.45) is 0. The molecule has 18 heavy (non-hydrogen) atoms. The molecule has 1 heterocycles. The molecule has 0 saturated heterocycles. The molecule has 2 aromatic rings. The number of nitrogens with zero attached hydrogens (tertiary/aromatic N) is 2. The highest BCUT2D eigenvalue weighted by Gasteiger charge is 2.11. The number of nitrogens with two attached hydrogens (primary N) is 1. The molecule has 0 unspecified atom stereocenters. The van der Waals surface area contributed by atoms with Crippen molar-refractivity contribution >= 4 is 22.2 Å². The molecule has 0 fully saturated rings. The molecule has 96 valence electrons. The lowest BCUT2D eigenvalue weighted by molar-refractivity contribution is 0.824. The lowest BCUT2D eigenvalue weighted by atomic mass is 10.2. The van der Waals surface area contributed by atoms with E-state index in [2.05, 4.69) is 36.7 Å². The molecule has 0 atom stereocenters. The SMILES string of the molecule is CCN(Cc1cccc(N)c1)c1nc(C)c(C)s1. The van der Waals surface area contributed by atoms with Gasteiger partial charge in [0.05, 0.1) is 5.69 Å². The van der Waals surface area contributed by atoms with Gasteiger partial charge in [-0.3, -0.25) is 0 Å². The van der Waals surface area contributed by atoms with Gasteiger partial charge >= 0.3 is 0 Å². The van der Waals surface area contributed by atoms with Crippen LogP contribution in [-0.4, -0.2) is 11.5 Å². The number of aryl methyl sites for hydroxylation is 2. The van der Waals surface area contributed by atoms with E-state index < -0.39 is 0 Å². The van der Waals surface area contributed by atoms with Crippen molar-refractivity contribution in [2.75, 3.05) is 17.2 Å². The summed E-state index contributed by atoms with van der Waals surface area (Å²) in [6, 6.07) is 8.04. The molecule has 0 aliphatic carbocycles. The highest BCUT2D eigenvalue weighted by Crippen LogP contribution is 2.26. The van der Waals surface area contributed by atoms with E-state index in [0.717, 1.165) is 29.6 Å². The molecular formula is C14H19N3S. The smallest absolute Gasteiger partial charge is 0.186 e. The summed E-state index contributed by atoms with van der Waals surface area (Å²) in [5.74, 6) is 0. The van der Waals surface area contributed by atoms with Crippen LogP contribution in [0.5, 0.6) is 0 Å². The molecule has 2 N–H and O–H groups in total. The average Bonchev–Trinajstić information content (AvgIpc) is 2.66. The number of hydrogen-bond acceptors (Lipinski definition) is 4. The zero-order valence-electron chi connectivity index (χ0n) is 11.1. The van der Waals surface area contributed by atoms with E-state index in [1.165, 1.54) is 10.4 Å². The lowest BCUT2D eigenvalue weighted by Gasteiger charge is -2.20. The molecule has 0 bridgehead atoms. The van der Waals surface area contributed by atoms with Crippen LogP contribution in [0, 0.1) is 13.8 Å². The van der Waals surface area contributed by atoms with Crippen molar-refractivity contribution in [1.29, 1.82) is 0 Å². The van der Waals surface area contributed by atoms with Gasteiger partial charge in [0.25, 0.3) is 0 Å². The second-order valence-electron chi connectivity index (χ2n) is 4.40. The van der Waals surface area contributed by atoms with Crippen molar-refractivity contribution < 1.29 is 0 Å². The maximum Gasteiger partial charge on any atom is 0.186 e. The van der Waals surface area contributed by atoms with E-state index in [4.69, 9.17) is 5.73 Å². The van der Waals surface area contributed by atoms with Crippen LogP contribution >= 0.6 is 11.3 Å². The van der Waals surface area contributed by atoms with Gasteiger partial charge in [0.1, 0.15) is 0 Å². The molecule has 0 aliphatic heterocycles. The maximum atomic E-state index is 5.81. The Labute approximate surface area is 112 Å². The number of rotatable bonds is 4. The Kier molecular flexibility index (Phi) is 3.87. The summed E-state index contributed by atoms with van der Waals surface area (Å²) in [4.78, 5) is 8.18. The minimum Gasteiger partial charge on any atom is -0.399 e. The van der Waals surface area contributed by atoms with E-state index in [0.29, 0.717) is 0 Å². The minimum atomic E-state index is 0.815. The van der Waals surface area contributed by atoms with E-state index in [1.54, 1.807) is 11.3 Å². The number of nitrogen functional groups attached to an aromatic ring is 1. The van der Waals surface area contributed by atoms with E-state index >= 15 is 0 Å². The van der Waals surface area contributed by atoms with Crippen LogP contribution in [0.2, 0.25) is 0 Å². The normalized spacial score (nSPS) is 10.6. The highest BCUT2D eigenvalue weighted by atomic mass is 32.1. The third-order valence-corrected chi connectivity index (χ3v) is 4.13. The Morgan fingerprint density at radius 3 is 2.67 bits per heavy atom. The number of hydrogen-bond donors (Lipinski definition) is 1. The highest BCUT2D eigenvalue weighted by molar-refractivity contribution is 7.15. The molecule has 2 rings (SSSR count). The van der Waals surface area contributed by atoms with Gasteiger partial charge in [-0.1, -0.05) is 12.1 Å². The minimum absolute atomic E-state index is 0.815. The summed E-state index contributed by atoms with van der Waals surface area (Å²) in [6.45, 7) is 8.13. The first-order valence-corrected chi connectivity index (χ1v) is 6.95. The molecule has 1 aromatic carbocycles. The fraction of sp³-hybridized carbons (Fsp3) is 0.357. The summed E-state index contributed by atoms with van der Waals surface area (Å²) in [5.41, 5.74) is 8.98. The van der Waals surface area contributed by atoms with Crippen LogP contribution in [0.1, 0.15) is 23.1 Å². The Hall–Kier alpha value is -1.55. The van der Waals surface area contributed by atoms with E-state index in [1.807, 2.05) is 18.2 Å². The first kappa shape index (κ1) is 12.9. The first-order chi connectivity index (χ1) is 8.60. The Morgan fingerprint density at radius 1 is 1.33 bits per heavy atom. The summed E-state index contributed by atoms with van der Waals surface area (Å²) in [7, 11) is 0. The zero-order valence-corrected chi connectivity index (χ0v) is 11.9. The third kappa shape index (κ3) is 2.82. The van der Waals surface area contributed by atoms with Gasteiger partial charge < -0.3 is 10.6 Å². The van der Waals surface area contributed by atoms with Crippen LogP contribution in [0.3, 0.4) is 0 Å². The van der Waals surface area contributed by atoms with Crippen molar-refractivity contribution in [2.24, 2.45) is 0 Å². The molecule has 0 amide bonds. The van der Waals surface area contributed by atoms with Crippen LogP contribution < -0.4 is 10.6 Å². The average molecular weight is 261 g/mol. The van der Waals surface area contributed by atoms with Crippen molar-refractivity contribution in [3.05, 3.63) is 40.4 Å². The van der Waals surface area contributed by atoms with Crippen LogP contribution in [0.15, 0.2) is 24.3 Å². The van der Waals surface area contributed by atoms with Crippen molar-refractivity contribution in [2.45, 2.75) is 27.3 Å². The second kappa shape index (κ2) is 5.40. The predicted molar refractivity (Wildman–Crippen MR) is 79.2 cm³/mol. The Morgan fingerprint density at radius 2 is 2.11 bits per heavy atom. The van der Waals surface area contributed by atoms with Crippen LogP contribution in [0.4, 0.5) is 10.8 Å². The quantitative estimate of drug-likeness (QED) is 0.858. The third-order valence-electron chi connectivity index (χ3n) is 2.99. The van der Waals surface area contributed by atoms with Crippen LogP contribution in [-0.2, 0) is 6.54 Å². The molecule has 4 heteroatoms. The molecule has 0 radical (unpaired) electrons. The number of thiazole rings is 1. The van der Waals surface area contributed by atoms with E-state index in [-0.39, 0.29) is 0 Å². The Balaban J connectivity index is 2.19. The van der Waals surface area contributed by atoms with Crippen LogP contribution in [0.25, 0.3) is 0 Å².